The highest BCUT2D eigenvalue weighted by atomic mass is 16.1. The van der Waals surface area contributed by atoms with Crippen LogP contribution < -0.4 is 10.6 Å². The predicted molar refractivity (Wildman–Crippen MR) is 97.8 cm³/mol. The van der Waals surface area contributed by atoms with Crippen molar-refractivity contribution in [3.8, 4) is 0 Å². The summed E-state index contributed by atoms with van der Waals surface area (Å²) in [6.07, 6.45) is 5.47. The summed E-state index contributed by atoms with van der Waals surface area (Å²) < 4.78 is 0. The minimum Gasteiger partial charge on any atom is -0.351 e. The molecular formula is C19H26N4O. The molecule has 1 amide bonds. The number of carbonyl (C=O) groups excluding carboxylic acids is 1. The van der Waals surface area contributed by atoms with Gasteiger partial charge in [-0.15, -0.1) is 0 Å². The van der Waals surface area contributed by atoms with Gasteiger partial charge in [0.05, 0.1) is 0 Å². The highest BCUT2D eigenvalue weighted by molar-refractivity contribution is 5.92. The van der Waals surface area contributed by atoms with Crippen LogP contribution in [0.25, 0.3) is 0 Å². The molecule has 0 radical (unpaired) electrons. The van der Waals surface area contributed by atoms with Crippen molar-refractivity contribution in [2.45, 2.75) is 46.5 Å². The van der Waals surface area contributed by atoms with E-state index in [-0.39, 0.29) is 5.91 Å². The van der Waals surface area contributed by atoms with Crippen molar-refractivity contribution in [2.75, 3.05) is 11.9 Å². The number of aromatic nitrogens is 2. The summed E-state index contributed by atoms with van der Waals surface area (Å²) in [6, 6.07) is 7.91. The fourth-order valence-corrected chi connectivity index (χ4v) is 2.53. The van der Waals surface area contributed by atoms with Gasteiger partial charge < -0.3 is 10.6 Å². The number of anilines is 2. The quantitative estimate of drug-likeness (QED) is 0.723. The highest BCUT2D eigenvalue weighted by Gasteiger charge is 2.11. The lowest BCUT2D eigenvalue weighted by atomic mass is 10.0. The third kappa shape index (κ3) is 4.54. The Balaban J connectivity index is 2.20. The van der Waals surface area contributed by atoms with Crippen molar-refractivity contribution in [3.63, 3.8) is 0 Å². The van der Waals surface area contributed by atoms with E-state index in [0.29, 0.717) is 18.2 Å². The van der Waals surface area contributed by atoms with E-state index in [2.05, 4.69) is 59.6 Å². The molecule has 0 aliphatic rings. The van der Waals surface area contributed by atoms with E-state index in [4.69, 9.17) is 0 Å². The molecule has 0 atom stereocenters. The second kappa shape index (κ2) is 9.01. The van der Waals surface area contributed by atoms with Gasteiger partial charge in [-0.2, -0.15) is 0 Å². The van der Waals surface area contributed by atoms with E-state index in [1.54, 1.807) is 12.3 Å². The molecular weight excluding hydrogens is 300 g/mol. The molecule has 0 spiro atoms. The van der Waals surface area contributed by atoms with Crippen molar-refractivity contribution in [1.82, 2.24) is 15.3 Å². The van der Waals surface area contributed by atoms with Gasteiger partial charge in [-0.25, -0.2) is 9.97 Å². The molecule has 0 aliphatic heterocycles. The van der Waals surface area contributed by atoms with Crippen LogP contribution in [0.5, 0.6) is 0 Å². The molecule has 5 heteroatoms. The molecule has 1 aromatic carbocycles. The Morgan fingerprint density at radius 1 is 1.08 bits per heavy atom. The molecule has 5 nitrogen and oxygen atoms in total. The van der Waals surface area contributed by atoms with E-state index >= 15 is 0 Å². The van der Waals surface area contributed by atoms with E-state index in [9.17, 15) is 4.79 Å². The summed E-state index contributed by atoms with van der Waals surface area (Å²) in [5, 5.41) is 6.18. The van der Waals surface area contributed by atoms with Gasteiger partial charge in [0.2, 0.25) is 5.95 Å². The number of benzene rings is 1. The van der Waals surface area contributed by atoms with Crippen LogP contribution >= 0.6 is 0 Å². The van der Waals surface area contributed by atoms with Gasteiger partial charge in [0.25, 0.3) is 5.91 Å². The van der Waals surface area contributed by atoms with Gasteiger partial charge in [0, 0.05) is 18.4 Å². The molecule has 2 rings (SSSR count). The summed E-state index contributed by atoms with van der Waals surface area (Å²) in [5.74, 6) is 0.294. The van der Waals surface area contributed by atoms with Crippen LogP contribution in [0.15, 0.2) is 30.5 Å². The van der Waals surface area contributed by atoms with Gasteiger partial charge in [-0.05, 0) is 36.5 Å². The Hall–Kier alpha value is -2.43. The second-order valence-electron chi connectivity index (χ2n) is 5.66. The average Bonchev–Trinajstić information content (AvgIpc) is 2.62. The van der Waals surface area contributed by atoms with Gasteiger partial charge in [-0.3, -0.25) is 4.79 Å². The van der Waals surface area contributed by atoms with Crippen molar-refractivity contribution < 1.29 is 4.79 Å². The number of para-hydroxylation sites is 1. The number of nitrogens with one attached hydrogen (secondary N) is 2. The molecule has 2 N–H and O–H groups in total. The molecule has 0 bridgehead atoms. The zero-order valence-corrected chi connectivity index (χ0v) is 14.7. The van der Waals surface area contributed by atoms with Crippen molar-refractivity contribution >= 4 is 17.5 Å². The molecule has 2 aromatic rings. The fourth-order valence-electron chi connectivity index (χ4n) is 2.53. The standard InChI is InChI=1S/C19H26N4O/c1-4-7-12-20-18(24)16-11-13-21-19(22-16)23-17-14(5-2)9-8-10-15(17)6-3/h8-11,13H,4-7,12H2,1-3H3,(H,20,24)(H,21,22,23). The first-order chi connectivity index (χ1) is 11.7. The molecule has 128 valence electrons. The lowest BCUT2D eigenvalue weighted by molar-refractivity contribution is 0.0948. The summed E-state index contributed by atoms with van der Waals surface area (Å²) >= 11 is 0. The Kier molecular flexibility index (Phi) is 6.73. The molecule has 0 unspecified atom stereocenters. The maximum Gasteiger partial charge on any atom is 0.270 e. The van der Waals surface area contributed by atoms with Gasteiger partial charge in [0.15, 0.2) is 0 Å². The van der Waals surface area contributed by atoms with Crippen LogP contribution in [-0.2, 0) is 12.8 Å². The molecule has 24 heavy (non-hydrogen) atoms. The van der Waals surface area contributed by atoms with Crippen molar-refractivity contribution in [3.05, 3.63) is 47.3 Å². The minimum absolute atomic E-state index is 0.159. The minimum atomic E-state index is -0.159. The van der Waals surface area contributed by atoms with Crippen molar-refractivity contribution in [1.29, 1.82) is 0 Å². The summed E-state index contributed by atoms with van der Waals surface area (Å²) in [5.41, 5.74) is 3.87. The first kappa shape index (κ1) is 17.9. The molecule has 0 saturated carbocycles. The number of unbranched alkanes of at least 4 members (excludes halogenated alkanes) is 1. The van der Waals surface area contributed by atoms with Crippen LogP contribution in [0.4, 0.5) is 11.6 Å². The van der Waals surface area contributed by atoms with Gasteiger partial charge >= 0.3 is 0 Å². The van der Waals surface area contributed by atoms with Crippen LogP contribution in [-0.4, -0.2) is 22.4 Å². The van der Waals surface area contributed by atoms with Gasteiger partial charge in [-0.1, -0.05) is 45.4 Å². The maximum atomic E-state index is 12.1. The van der Waals surface area contributed by atoms with Crippen LogP contribution in [0.1, 0.15) is 55.2 Å². The second-order valence-corrected chi connectivity index (χ2v) is 5.66. The van der Waals surface area contributed by atoms with E-state index in [1.165, 1.54) is 11.1 Å². The fraction of sp³-hybridized carbons (Fsp3) is 0.421. The third-order valence-corrected chi connectivity index (χ3v) is 3.94. The Morgan fingerprint density at radius 2 is 1.79 bits per heavy atom. The molecule has 1 aromatic heterocycles. The maximum absolute atomic E-state index is 12.1. The predicted octanol–water partition coefficient (Wildman–Crippen LogP) is 3.87. The number of aryl methyl sites for hydroxylation is 2. The zero-order chi connectivity index (χ0) is 17.4. The number of hydrogen-bond donors (Lipinski definition) is 2. The monoisotopic (exact) mass is 326 g/mol. The van der Waals surface area contributed by atoms with Crippen LogP contribution in [0.3, 0.4) is 0 Å². The number of carbonyl (C=O) groups is 1. The van der Waals surface area contributed by atoms with E-state index < -0.39 is 0 Å². The summed E-state index contributed by atoms with van der Waals surface area (Å²) in [7, 11) is 0. The highest BCUT2D eigenvalue weighted by Crippen LogP contribution is 2.25. The first-order valence-corrected chi connectivity index (χ1v) is 8.68. The number of rotatable bonds is 8. The van der Waals surface area contributed by atoms with Crippen LogP contribution in [0, 0.1) is 0 Å². The van der Waals surface area contributed by atoms with Crippen LogP contribution in [0.2, 0.25) is 0 Å². The summed E-state index contributed by atoms with van der Waals surface area (Å²) in [6.45, 7) is 7.01. The molecule has 0 saturated heterocycles. The Labute approximate surface area is 143 Å². The number of nitrogens with zero attached hydrogens (tertiary/aromatic N) is 2. The third-order valence-electron chi connectivity index (χ3n) is 3.94. The zero-order valence-electron chi connectivity index (χ0n) is 14.7. The Morgan fingerprint density at radius 3 is 2.42 bits per heavy atom. The first-order valence-electron chi connectivity index (χ1n) is 8.68. The smallest absolute Gasteiger partial charge is 0.270 e. The number of hydrogen-bond acceptors (Lipinski definition) is 4. The SMILES string of the molecule is CCCCNC(=O)c1ccnc(Nc2c(CC)cccc2CC)n1. The Bertz CT molecular complexity index is 663. The average molecular weight is 326 g/mol. The largest absolute Gasteiger partial charge is 0.351 e. The van der Waals surface area contributed by atoms with Gasteiger partial charge in [0.1, 0.15) is 5.69 Å². The molecule has 1 heterocycles. The molecule has 0 aliphatic carbocycles. The lowest BCUT2D eigenvalue weighted by Crippen LogP contribution is -2.25. The van der Waals surface area contributed by atoms with Crippen molar-refractivity contribution in [2.24, 2.45) is 0 Å². The van der Waals surface area contributed by atoms with E-state index in [0.717, 1.165) is 31.4 Å². The lowest BCUT2D eigenvalue weighted by Gasteiger charge is -2.14. The normalized spacial score (nSPS) is 10.5. The summed E-state index contributed by atoms with van der Waals surface area (Å²) in [4.78, 5) is 20.8. The number of amides is 1. The topological polar surface area (TPSA) is 66.9 Å². The van der Waals surface area contributed by atoms with E-state index in [1.807, 2.05) is 0 Å². The molecule has 0 fully saturated rings.